The van der Waals surface area contributed by atoms with E-state index in [0.717, 1.165) is 46.9 Å². The Labute approximate surface area is 138 Å². The van der Waals surface area contributed by atoms with Crippen LogP contribution in [-0.4, -0.2) is 36.5 Å². The minimum Gasteiger partial charge on any atom is -0.338 e. The molecule has 2 aromatic rings. The van der Waals surface area contributed by atoms with Gasteiger partial charge < -0.3 is 10.2 Å². The highest BCUT2D eigenvalue weighted by molar-refractivity contribution is 9.10. The molecule has 2 fully saturated rings. The Morgan fingerprint density at radius 1 is 1.14 bits per heavy atom. The molecule has 2 aliphatic heterocycles. The van der Waals surface area contributed by atoms with Crippen LogP contribution in [0.3, 0.4) is 0 Å². The fourth-order valence-electron chi connectivity index (χ4n) is 3.76. The monoisotopic (exact) mass is 358 g/mol. The first-order valence-electron chi connectivity index (χ1n) is 7.93. The summed E-state index contributed by atoms with van der Waals surface area (Å²) < 4.78 is 1.06. The van der Waals surface area contributed by atoms with E-state index >= 15 is 0 Å². The molecule has 2 unspecified atom stereocenters. The van der Waals surface area contributed by atoms with Gasteiger partial charge in [-0.3, -0.25) is 4.79 Å². The summed E-state index contributed by atoms with van der Waals surface area (Å²) in [7, 11) is 0. The lowest BCUT2D eigenvalue weighted by Crippen LogP contribution is -2.46. The van der Waals surface area contributed by atoms with Gasteiger partial charge in [0.1, 0.15) is 0 Å². The van der Waals surface area contributed by atoms with Gasteiger partial charge in [-0.25, -0.2) is 0 Å². The molecule has 2 aliphatic rings. The van der Waals surface area contributed by atoms with Crippen LogP contribution in [-0.2, 0) is 0 Å². The smallest absolute Gasteiger partial charge is 0.253 e. The third-order valence-electron chi connectivity index (χ3n) is 4.99. The minimum atomic E-state index is 0.176. The third-order valence-corrected chi connectivity index (χ3v) is 5.49. The number of nitrogens with zero attached hydrogens (tertiary/aromatic N) is 1. The summed E-state index contributed by atoms with van der Waals surface area (Å²) in [4.78, 5) is 14.8. The van der Waals surface area contributed by atoms with Gasteiger partial charge in [0.05, 0.1) is 0 Å². The van der Waals surface area contributed by atoms with E-state index in [9.17, 15) is 4.79 Å². The van der Waals surface area contributed by atoms with E-state index in [1.807, 2.05) is 29.2 Å². The van der Waals surface area contributed by atoms with Crippen molar-refractivity contribution in [1.82, 2.24) is 10.2 Å². The molecular weight excluding hydrogens is 340 g/mol. The fourth-order valence-corrected chi connectivity index (χ4v) is 4.14. The molecule has 1 amide bonds. The molecule has 4 heteroatoms. The number of rotatable bonds is 1. The van der Waals surface area contributed by atoms with Gasteiger partial charge in [0.15, 0.2) is 0 Å². The summed E-state index contributed by atoms with van der Waals surface area (Å²) in [5.41, 5.74) is 0.805. The highest BCUT2D eigenvalue weighted by Gasteiger charge is 2.34. The zero-order valence-corrected chi connectivity index (χ0v) is 14.0. The van der Waals surface area contributed by atoms with Crippen LogP contribution in [0.4, 0.5) is 0 Å². The zero-order chi connectivity index (χ0) is 15.1. The molecular formula is C18H19BrN2O. The normalized spacial score (nSPS) is 24.5. The number of fused-ring (bicyclic) bond motifs is 2. The number of nitrogens with one attached hydrogen (secondary N) is 1. The number of piperidine rings is 1. The number of hydrogen-bond acceptors (Lipinski definition) is 2. The van der Waals surface area contributed by atoms with Crippen molar-refractivity contribution in [2.75, 3.05) is 19.6 Å². The van der Waals surface area contributed by atoms with Crippen molar-refractivity contribution >= 4 is 32.6 Å². The maximum absolute atomic E-state index is 12.8. The number of likely N-dealkylation sites (tertiary alicyclic amines) is 1. The Morgan fingerprint density at radius 3 is 2.86 bits per heavy atom. The van der Waals surface area contributed by atoms with Gasteiger partial charge >= 0.3 is 0 Å². The Balaban J connectivity index is 1.58. The van der Waals surface area contributed by atoms with Crippen molar-refractivity contribution in [2.45, 2.75) is 18.9 Å². The van der Waals surface area contributed by atoms with E-state index in [1.54, 1.807) is 0 Å². The van der Waals surface area contributed by atoms with E-state index in [4.69, 9.17) is 0 Å². The van der Waals surface area contributed by atoms with Crippen LogP contribution in [0.2, 0.25) is 0 Å². The average Bonchev–Trinajstić information content (AvgIpc) is 3.01. The maximum Gasteiger partial charge on any atom is 0.253 e. The van der Waals surface area contributed by atoms with Crippen LogP contribution < -0.4 is 5.32 Å². The molecule has 2 aromatic carbocycles. The molecule has 2 heterocycles. The Hall–Kier alpha value is -1.39. The van der Waals surface area contributed by atoms with Gasteiger partial charge in [0.25, 0.3) is 5.91 Å². The third kappa shape index (κ3) is 2.55. The molecule has 3 nitrogen and oxygen atoms in total. The van der Waals surface area contributed by atoms with Gasteiger partial charge in [-0.2, -0.15) is 0 Å². The van der Waals surface area contributed by atoms with Gasteiger partial charge in [0.2, 0.25) is 0 Å². The van der Waals surface area contributed by atoms with Gasteiger partial charge in [-0.15, -0.1) is 0 Å². The molecule has 0 aliphatic carbocycles. The lowest BCUT2D eigenvalue weighted by atomic mass is 9.93. The first kappa shape index (κ1) is 14.2. The van der Waals surface area contributed by atoms with Crippen LogP contribution in [0, 0.1) is 5.92 Å². The van der Waals surface area contributed by atoms with Crippen molar-refractivity contribution in [2.24, 2.45) is 5.92 Å². The van der Waals surface area contributed by atoms with E-state index in [1.165, 1.54) is 6.42 Å². The average molecular weight is 359 g/mol. The summed E-state index contributed by atoms with van der Waals surface area (Å²) in [6.07, 6.45) is 2.27. The highest BCUT2D eigenvalue weighted by atomic mass is 79.9. The molecule has 114 valence electrons. The Kier molecular flexibility index (Phi) is 3.66. The topological polar surface area (TPSA) is 32.3 Å². The zero-order valence-electron chi connectivity index (χ0n) is 12.4. The molecule has 0 spiro atoms. The molecule has 2 atom stereocenters. The first-order chi connectivity index (χ1) is 10.7. The summed E-state index contributed by atoms with van der Waals surface area (Å²) >= 11 is 3.49. The first-order valence-corrected chi connectivity index (χ1v) is 8.72. The van der Waals surface area contributed by atoms with E-state index in [0.29, 0.717) is 12.0 Å². The number of benzene rings is 2. The summed E-state index contributed by atoms with van der Waals surface area (Å²) in [5.74, 6) is 0.810. The number of carbonyl (C=O) groups is 1. The lowest BCUT2D eigenvalue weighted by molar-refractivity contribution is 0.0662. The molecule has 2 saturated heterocycles. The molecule has 0 bridgehead atoms. The van der Waals surface area contributed by atoms with Crippen LogP contribution in [0.5, 0.6) is 0 Å². The van der Waals surface area contributed by atoms with Crippen molar-refractivity contribution in [3.63, 3.8) is 0 Å². The quantitative estimate of drug-likeness (QED) is 0.846. The largest absolute Gasteiger partial charge is 0.338 e. The van der Waals surface area contributed by atoms with Crippen molar-refractivity contribution in [3.8, 4) is 0 Å². The summed E-state index contributed by atoms with van der Waals surface area (Å²) in [6.45, 7) is 2.86. The molecule has 4 rings (SSSR count). The highest BCUT2D eigenvalue weighted by Crippen LogP contribution is 2.27. The predicted molar refractivity (Wildman–Crippen MR) is 92.1 cm³/mol. The second-order valence-corrected chi connectivity index (χ2v) is 7.27. The van der Waals surface area contributed by atoms with Gasteiger partial charge in [0, 0.05) is 29.2 Å². The van der Waals surface area contributed by atoms with Crippen LogP contribution in [0.25, 0.3) is 10.8 Å². The second kappa shape index (κ2) is 5.67. The van der Waals surface area contributed by atoms with Crippen LogP contribution >= 0.6 is 15.9 Å². The van der Waals surface area contributed by atoms with Gasteiger partial charge in [-0.1, -0.05) is 28.1 Å². The molecule has 22 heavy (non-hydrogen) atoms. The standard InChI is InChI=1S/C18H19BrN2O/c19-16-4-3-12-9-14(2-1-13(12)10-16)18(22)21-8-6-17-15(11-21)5-7-20-17/h1-4,9-10,15,17,20H,5-8,11H2. The van der Waals surface area contributed by atoms with E-state index < -0.39 is 0 Å². The Morgan fingerprint density at radius 2 is 1.95 bits per heavy atom. The molecule has 0 saturated carbocycles. The molecule has 0 aromatic heterocycles. The van der Waals surface area contributed by atoms with Crippen molar-refractivity contribution in [1.29, 1.82) is 0 Å². The Bertz CT molecular complexity index is 730. The number of hydrogen-bond donors (Lipinski definition) is 1. The van der Waals surface area contributed by atoms with Gasteiger partial charge in [-0.05, 0) is 60.3 Å². The predicted octanol–water partition coefficient (Wildman–Crippen LogP) is 3.43. The summed E-state index contributed by atoms with van der Waals surface area (Å²) in [6, 6.07) is 12.8. The maximum atomic E-state index is 12.8. The fraction of sp³-hybridized carbons (Fsp3) is 0.389. The molecule has 1 N–H and O–H groups in total. The minimum absolute atomic E-state index is 0.176. The molecule has 0 radical (unpaired) electrons. The SMILES string of the molecule is O=C(c1ccc2cc(Br)ccc2c1)N1CCC2NCCC2C1. The number of carbonyl (C=O) groups excluding carboxylic acids is 1. The van der Waals surface area contributed by atoms with Crippen molar-refractivity contribution < 1.29 is 4.79 Å². The van der Waals surface area contributed by atoms with Crippen molar-refractivity contribution in [3.05, 3.63) is 46.4 Å². The van der Waals surface area contributed by atoms with E-state index in [-0.39, 0.29) is 5.91 Å². The number of amides is 1. The van der Waals surface area contributed by atoms with E-state index in [2.05, 4.69) is 33.4 Å². The second-order valence-electron chi connectivity index (χ2n) is 6.36. The lowest BCUT2D eigenvalue weighted by Gasteiger charge is -2.35. The number of halogens is 1. The van der Waals surface area contributed by atoms with Crippen LogP contribution in [0.1, 0.15) is 23.2 Å². The van der Waals surface area contributed by atoms with Crippen LogP contribution in [0.15, 0.2) is 40.9 Å². The summed E-state index contributed by atoms with van der Waals surface area (Å²) in [5, 5.41) is 5.82.